The van der Waals surface area contributed by atoms with Gasteiger partial charge in [0.05, 0.1) is 26.7 Å². The van der Waals surface area contributed by atoms with E-state index >= 15 is 8.78 Å². The summed E-state index contributed by atoms with van der Waals surface area (Å²) in [7, 11) is 4.58. The lowest BCUT2D eigenvalue weighted by Gasteiger charge is -2.26. The second kappa shape index (κ2) is 11.6. The van der Waals surface area contributed by atoms with Gasteiger partial charge in [-0.15, -0.1) is 0 Å². The first-order valence-corrected chi connectivity index (χ1v) is 13.8. The predicted octanol–water partition coefficient (Wildman–Crippen LogP) is 7.76. The van der Waals surface area contributed by atoms with E-state index in [9.17, 15) is 4.79 Å². The van der Waals surface area contributed by atoms with Gasteiger partial charge in [0, 0.05) is 18.6 Å². The molecule has 0 bridgehead atoms. The highest BCUT2D eigenvalue weighted by molar-refractivity contribution is 5.71. The maximum absolute atomic E-state index is 15.6. The average molecular weight is 551 g/mol. The Morgan fingerprint density at radius 2 is 1.75 bits per heavy atom. The van der Waals surface area contributed by atoms with Crippen LogP contribution in [0.15, 0.2) is 54.6 Å². The Morgan fingerprint density at radius 1 is 0.975 bits per heavy atom. The zero-order valence-electron chi connectivity index (χ0n) is 23.5. The van der Waals surface area contributed by atoms with E-state index in [1.807, 2.05) is 18.2 Å². The van der Waals surface area contributed by atoms with Crippen molar-refractivity contribution in [2.45, 2.75) is 57.7 Å². The minimum Gasteiger partial charge on any atom is -0.497 e. The van der Waals surface area contributed by atoms with Gasteiger partial charge in [0.25, 0.3) is 0 Å². The Kier molecular flexibility index (Phi) is 8.13. The van der Waals surface area contributed by atoms with Gasteiger partial charge < -0.3 is 18.9 Å². The fourth-order valence-corrected chi connectivity index (χ4v) is 5.63. The molecule has 40 heavy (non-hydrogen) atoms. The number of carbonyl (C=O) groups excluding carboxylic acids is 1. The summed E-state index contributed by atoms with van der Waals surface area (Å²) in [5, 5.41) is 0. The van der Waals surface area contributed by atoms with Crippen molar-refractivity contribution in [2.24, 2.45) is 11.3 Å². The van der Waals surface area contributed by atoms with Crippen LogP contribution in [-0.4, -0.2) is 27.3 Å². The van der Waals surface area contributed by atoms with Crippen LogP contribution in [0.2, 0.25) is 0 Å². The third-order valence-electron chi connectivity index (χ3n) is 8.36. The minimum absolute atomic E-state index is 0.0454. The molecule has 0 aromatic heterocycles. The van der Waals surface area contributed by atoms with E-state index in [1.54, 1.807) is 44.6 Å². The normalized spacial score (nSPS) is 17.1. The van der Waals surface area contributed by atoms with Crippen LogP contribution in [0, 0.1) is 23.0 Å². The fourth-order valence-electron chi connectivity index (χ4n) is 5.63. The molecule has 2 saturated carbocycles. The summed E-state index contributed by atoms with van der Waals surface area (Å²) in [6, 6.07) is 15.5. The molecule has 0 radical (unpaired) electrons. The molecular weight excluding hydrogens is 514 g/mol. The van der Waals surface area contributed by atoms with Crippen LogP contribution in [0.1, 0.15) is 67.7 Å². The van der Waals surface area contributed by atoms with E-state index in [1.165, 1.54) is 13.2 Å². The van der Waals surface area contributed by atoms with Crippen LogP contribution in [-0.2, 0) is 20.9 Å². The molecule has 2 aliphatic carbocycles. The predicted molar refractivity (Wildman–Crippen MR) is 148 cm³/mol. The van der Waals surface area contributed by atoms with Crippen LogP contribution < -0.4 is 9.47 Å². The molecule has 2 aliphatic rings. The summed E-state index contributed by atoms with van der Waals surface area (Å²) in [5.41, 5.74) is 3.27. The monoisotopic (exact) mass is 550 g/mol. The maximum atomic E-state index is 15.6. The summed E-state index contributed by atoms with van der Waals surface area (Å²) in [6.07, 6.45) is 3.86. The van der Waals surface area contributed by atoms with E-state index in [2.05, 4.69) is 6.92 Å². The third-order valence-corrected chi connectivity index (χ3v) is 8.36. The molecule has 0 heterocycles. The number of methoxy groups -OCH3 is 3. The van der Waals surface area contributed by atoms with E-state index in [4.69, 9.17) is 18.9 Å². The number of rotatable bonds is 12. The van der Waals surface area contributed by atoms with Crippen molar-refractivity contribution in [2.75, 3.05) is 21.3 Å². The molecule has 5 rings (SSSR count). The first-order valence-electron chi connectivity index (χ1n) is 13.8. The van der Waals surface area contributed by atoms with Crippen molar-refractivity contribution in [1.29, 1.82) is 0 Å². The Labute approximate surface area is 234 Å². The highest BCUT2D eigenvalue weighted by Gasteiger charge is 2.47. The lowest BCUT2D eigenvalue weighted by molar-refractivity contribution is -0.141. The number of carbonyl (C=O) groups is 1. The lowest BCUT2D eigenvalue weighted by atomic mass is 9.87. The van der Waals surface area contributed by atoms with E-state index in [-0.39, 0.29) is 53.9 Å². The molecule has 2 fully saturated rings. The first-order chi connectivity index (χ1) is 19.3. The molecule has 0 saturated heterocycles. The molecule has 7 heteroatoms. The van der Waals surface area contributed by atoms with E-state index in [0.29, 0.717) is 16.9 Å². The number of hydrogen-bond donors (Lipinski definition) is 0. The quantitative estimate of drug-likeness (QED) is 0.216. The van der Waals surface area contributed by atoms with Crippen LogP contribution in [0.4, 0.5) is 8.78 Å². The number of halogens is 2. The Bertz CT molecular complexity index is 1380. The third kappa shape index (κ3) is 5.85. The van der Waals surface area contributed by atoms with Crippen LogP contribution >= 0.6 is 0 Å². The summed E-state index contributed by atoms with van der Waals surface area (Å²) in [6.45, 7) is 2.29. The second-order valence-corrected chi connectivity index (χ2v) is 11.2. The summed E-state index contributed by atoms with van der Waals surface area (Å²) in [5.74, 6) is -0.410. The molecule has 0 amide bonds. The van der Waals surface area contributed by atoms with Crippen molar-refractivity contribution in [3.05, 3.63) is 82.9 Å². The number of esters is 1. The Balaban J connectivity index is 1.45. The van der Waals surface area contributed by atoms with Gasteiger partial charge in [-0.2, -0.15) is 0 Å². The second-order valence-electron chi connectivity index (χ2n) is 11.2. The molecule has 0 spiro atoms. The Morgan fingerprint density at radius 3 is 2.40 bits per heavy atom. The zero-order chi connectivity index (χ0) is 28.4. The van der Waals surface area contributed by atoms with Crippen molar-refractivity contribution in [3.63, 3.8) is 0 Å². The molecular formula is C33H36F2O5. The highest BCUT2D eigenvalue weighted by Crippen LogP contribution is 2.57. The highest BCUT2D eigenvalue weighted by atomic mass is 19.1. The van der Waals surface area contributed by atoms with Gasteiger partial charge in [-0.1, -0.05) is 31.2 Å². The molecule has 0 aliphatic heterocycles. The molecule has 5 nitrogen and oxygen atoms in total. The molecule has 2 atom stereocenters. The standard InChI is InChI=1S/C33H36F2O5/c1-33(14-15-33)32(39-4)27-16-20(8-12-23(27)26-17-22(37-2)11-13-28(26)34)19-40-29-7-5-6-24(31(29)35)25(21-9-10-21)18-30(36)38-3/h5-8,11-13,16-17,21,25,32H,9-10,14-15,18-19H2,1-4H3/t25-,32-/m0/s1. The fraction of sp³-hybridized carbons (Fsp3) is 0.424. The van der Waals surface area contributed by atoms with Gasteiger partial charge in [0.1, 0.15) is 18.2 Å². The Hall–Kier alpha value is -3.45. The topological polar surface area (TPSA) is 54.0 Å². The molecule has 0 N–H and O–H groups in total. The smallest absolute Gasteiger partial charge is 0.306 e. The molecule has 3 aromatic carbocycles. The van der Waals surface area contributed by atoms with Crippen LogP contribution in [0.25, 0.3) is 11.1 Å². The number of ether oxygens (including phenoxy) is 4. The number of hydrogen-bond acceptors (Lipinski definition) is 5. The van der Waals surface area contributed by atoms with E-state index < -0.39 is 5.82 Å². The van der Waals surface area contributed by atoms with Crippen LogP contribution in [0.3, 0.4) is 0 Å². The maximum Gasteiger partial charge on any atom is 0.306 e. The van der Waals surface area contributed by atoms with Gasteiger partial charge in [0.15, 0.2) is 11.6 Å². The van der Waals surface area contributed by atoms with Gasteiger partial charge in [-0.25, -0.2) is 8.78 Å². The van der Waals surface area contributed by atoms with Crippen molar-refractivity contribution < 1.29 is 32.5 Å². The zero-order valence-corrected chi connectivity index (χ0v) is 23.5. The lowest BCUT2D eigenvalue weighted by Crippen LogP contribution is -2.15. The van der Waals surface area contributed by atoms with Gasteiger partial charge in [0.2, 0.25) is 0 Å². The van der Waals surface area contributed by atoms with Gasteiger partial charge >= 0.3 is 5.97 Å². The van der Waals surface area contributed by atoms with Crippen LogP contribution in [0.5, 0.6) is 11.5 Å². The summed E-state index contributed by atoms with van der Waals surface area (Å²) < 4.78 is 52.9. The van der Waals surface area contributed by atoms with Gasteiger partial charge in [-0.05, 0) is 89.6 Å². The SMILES string of the molecule is COC(=O)C[C@H](c1cccc(OCc2ccc(-c3cc(OC)ccc3F)c([C@H](OC)C3(C)CC3)c2)c1F)C1CC1. The first kappa shape index (κ1) is 28.1. The molecule has 0 unspecified atom stereocenters. The average Bonchev–Trinajstić information content (AvgIpc) is 3.90. The number of benzene rings is 3. The van der Waals surface area contributed by atoms with Crippen molar-refractivity contribution in [3.8, 4) is 22.6 Å². The summed E-state index contributed by atoms with van der Waals surface area (Å²) in [4.78, 5) is 12.0. The summed E-state index contributed by atoms with van der Waals surface area (Å²) >= 11 is 0. The molecule has 3 aromatic rings. The largest absolute Gasteiger partial charge is 0.497 e. The van der Waals surface area contributed by atoms with Crippen molar-refractivity contribution >= 4 is 5.97 Å². The van der Waals surface area contributed by atoms with Gasteiger partial charge in [-0.3, -0.25) is 4.79 Å². The minimum atomic E-state index is -0.446. The van der Waals surface area contributed by atoms with Crippen molar-refractivity contribution in [1.82, 2.24) is 0 Å². The molecule has 212 valence electrons. The van der Waals surface area contributed by atoms with E-state index in [0.717, 1.165) is 42.4 Å².